The van der Waals surface area contributed by atoms with Crippen molar-refractivity contribution < 1.29 is 4.74 Å². The van der Waals surface area contributed by atoms with Gasteiger partial charge in [-0.25, -0.2) is 0 Å². The molecule has 1 spiro atoms. The molecule has 2 nitrogen and oxygen atoms in total. The van der Waals surface area contributed by atoms with E-state index in [4.69, 9.17) is 4.74 Å². The van der Waals surface area contributed by atoms with Gasteiger partial charge < -0.3 is 4.74 Å². The van der Waals surface area contributed by atoms with E-state index in [2.05, 4.69) is 24.0 Å². The van der Waals surface area contributed by atoms with Crippen molar-refractivity contribution in [2.75, 3.05) is 20.2 Å². The molecule has 1 aromatic heterocycles. The summed E-state index contributed by atoms with van der Waals surface area (Å²) >= 11 is 1.94. The average molecular weight is 265 g/mol. The molecule has 2 fully saturated rings. The Labute approximate surface area is 114 Å². The first-order valence-electron chi connectivity index (χ1n) is 7.02. The van der Waals surface area contributed by atoms with E-state index in [1.54, 1.807) is 0 Å². The lowest BCUT2D eigenvalue weighted by atomic mass is 9.61. The molecule has 3 rings (SSSR count). The van der Waals surface area contributed by atoms with Gasteiger partial charge in [-0.05, 0) is 63.2 Å². The number of methoxy groups -OCH3 is 1. The Bertz CT molecular complexity index is 404. The molecule has 0 amide bonds. The lowest BCUT2D eigenvalue weighted by Crippen LogP contribution is -2.52. The number of thiophene rings is 1. The third-order valence-electron chi connectivity index (χ3n) is 4.90. The number of rotatable bonds is 3. The summed E-state index contributed by atoms with van der Waals surface area (Å²) in [5.74, 6) is 0. The number of nitrogens with zero attached hydrogens (tertiary/aromatic N) is 1. The lowest BCUT2D eigenvalue weighted by molar-refractivity contribution is -0.120. The smallest absolute Gasteiger partial charge is 0.0628 e. The number of likely N-dealkylation sites (tertiary alicyclic amines) is 1. The summed E-state index contributed by atoms with van der Waals surface area (Å²) in [6, 6.07) is 4.52. The zero-order valence-corrected chi connectivity index (χ0v) is 12.3. The van der Waals surface area contributed by atoms with Crippen molar-refractivity contribution >= 4 is 11.3 Å². The molecular formula is C15H23NOS. The number of hydrogen-bond donors (Lipinski definition) is 0. The third-order valence-corrected chi connectivity index (χ3v) is 5.88. The van der Waals surface area contributed by atoms with Gasteiger partial charge in [0, 0.05) is 23.4 Å². The van der Waals surface area contributed by atoms with Crippen molar-refractivity contribution in [1.82, 2.24) is 4.90 Å². The van der Waals surface area contributed by atoms with E-state index in [9.17, 15) is 0 Å². The molecule has 2 aliphatic rings. The first kappa shape index (κ1) is 12.6. The molecule has 18 heavy (non-hydrogen) atoms. The maximum Gasteiger partial charge on any atom is 0.0628 e. The van der Waals surface area contributed by atoms with E-state index >= 15 is 0 Å². The molecule has 1 aliphatic heterocycles. The molecule has 3 heteroatoms. The molecule has 0 aromatic carbocycles. The van der Waals surface area contributed by atoms with Gasteiger partial charge in [0.25, 0.3) is 0 Å². The van der Waals surface area contributed by atoms with E-state index in [1.807, 2.05) is 18.4 Å². The van der Waals surface area contributed by atoms with Crippen molar-refractivity contribution in [3.05, 3.63) is 21.9 Å². The van der Waals surface area contributed by atoms with E-state index in [1.165, 1.54) is 48.5 Å². The Morgan fingerprint density at radius 3 is 2.61 bits per heavy atom. The van der Waals surface area contributed by atoms with E-state index in [0.717, 1.165) is 6.54 Å². The Balaban J connectivity index is 1.54. The molecule has 100 valence electrons. The summed E-state index contributed by atoms with van der Waals surface area (Å²) in [6.07, 6.45) is 5.87. The minimum Gasteiger partial charge on any atom is -0.381 e. The van der Waals surface area contributed by atoms with E-state index in [-0.39, 0.29) is 0 Å². The summed E-state index contributed by atoms with van der Waals surface area (Å²) in [6.45, 7) is 5.83. The van der Waals surface area contributed by atoms with Gasteiger partial charge in [0.05, 0.1) is 6.10 Å². The molecule has 1 aromatic rings. The summed E-state index contributed by atoms with van der Waals surface area (Å²) in [7, 11) is 1.88. The zero-order valence-electron chi connectivity index (χ0n) is 11.4. The van der Waals surface area contributed by atoms with Crippen LogP contribution < -0.4 is 0 Å². The molecule has 0 bridgehead atoms. The molecule has 1 saturated carbocycles. The van der Waals surface area contributed by atoms with E-state index in [0.29, 0.717) is 11.5 Å². The first-order valence-corrected chi connectivity index (χ1v) is 7.84. The van der Waals surface area contributed by atoms with Gasteiger partial charge >= 0.3 is 0 Å². The van der Waals surface area contributed by atoms with Gasteiger partial charge in [0.15, 0.2) is 0 Å². The van der Waals surface area contributed by atoms with Gasteiger partial charge in [-0.15, -0.1) is 11.3 Å². The predicted octanol–water partition coefficient (Wildman–Crippen LogP) is 3.45. The SMILES string of the molecule is COC1CCC12CCN(Cc1ccc(C)s1)CC2. The maximum atomic E-state index is 5.62. The van der Waals surface area contributed by atoms with Gasteiger partial charge in [-0.3, -0.25) is 4.90 Å². The van der Waals surface area contributed by atoms with Crippen molar-refractivity contribution in [3.8, 4) is 0 Å². The van der Waals surface area contributed by atoms with Crippen LogP contribution in [-0.2, 0) is 11.3 Å². The van der Waals surface area contributed by atoms with Crippen molar-refractivity contribution in [1.29, 1.82) is 0 Å². The Morgan fingerprint density at radius 2 is 2.11 bits per heavy atom. The van der Waals surface area contributed by atoms with Gasteiger partial charge in [0.1, 0.15) is 0 Å². The maximum absolute atomic E-state index is 5.62. The largest absolute Gasteiger partial charge is 0.381 e. The molecule has 1 aliphatic carbocycles. The summed E-state index contributed by atoms with van der Waals surface area (Å²) < 4.78 is 5.62. The highest BCUT2D eigenvalue weighted by molar-refractivity contribution is 7.11. The number of ether oxygens (including phenoxy) is 1. The van der Waals surface area contributed by atoms with Crippen molar-refractivity contribution in [2.45, 2.75) is 45.3 Å². The molecule has 1 saturated heterocycles. The van der Waals surface area contributed by atoms with Crippen LogP contribution in [-0.4, -0.2) is 31.2 Å². The van der Waals surface area contributed by atoms with Crippen LogP contribution in [0, 0.1) is 12.3 Å². The van der Waals surface area contributed by atoms with Crippen LogP contribution in [0.4, 0.5) is 0 Å². The summed E-state index contributed by atoms with van der Waals surface area (Å²) in [5, 5.41) is 0. The molecule has 0 N–H and O–H groups in total. The second-order valence-electron chi connectivity index (χ2n) is 5.91. The average Bonchev–Trinajstić information content (AvgIpc) is 2.75. The quantitative estimate of drug-likeness (QED) is 0.830. The fraction of sp³-hybridized carbons (Fsp3) is 0.733. The number of hydrogen-bond acceptors (Lipinski definition) is 3. The molecule has 0 radical (unpaired) electrons. The van der Waals surface area contributed by atoms with Crippen LogP contribution >= 0.6 is 11.3 Å². The standard InChI is InChI=1S/C15H23NOS/c1-12-3-4-13(18-12)11-16-9-7-15(8-10-16)6-5-14(15)17-2/h3-4,14H,5-11H2,1-2H3. The highest BCUT2D eigenvalue weighted by atomic mass is 32.1. The highest BCUT2D eigenvalue weighted by Crippen LogP contribution is 2.50. The second-order valence-corrected chi connectivity index (χ2v) is 7.29. The minimum atomic E-state index is 0.538. The fourth-order valence-electron chi connectivity index (χ4n) is 3.56. The third kappa shape index (κ3) is 2.24. The highest BCUT2D eigenvalue weighted by Gasteiger charge is 2.48. The van der Waals surface area contributed by atoms with Crippen LogP contribution in [0.3, 0.4) is 0 Å². The normalized spacial score (nSPS) is 27.3. The Morgan fingerprint density at radius 1 is 1.33 bits per heavy atom. The minimum absolute atomic E-state index is 0.538. The zero-order chi connectivity index (χ0) is 12.6. The van der Waals surface area contributed by atoms with E-state index < -0.39 is 0 Å². The van der Waals surface area contributed by atoms with Crippen LogP contribution in [0.2, 0.25) is 0 Å². The van der Waals surface area contributed by atoms with Crippen molar-refractivity contribution in [2.24, 2.45) is 5.41 Å². The summed E-state index contributed by atoms with van der Waals surface area (Å²) in [5.41, 5.74) is 0.538. The number of piperidine rings is 1. The molecule has 1 atom stereocenters. The molecule has 2 heterocycles. The predicted molar refractivity (Wildman–Crippen MR) is 76.0 cm³/mol. The van der Waals surface area contributed by atoms with Crippen molar-refractivity contribution in [3.63, 3.8) is 0 Å². The lowest BCUT2D eigenvalue weighted by Gasteiger charge is -2.53. The second kappa shape index (κ2) is 4.95. The van der Waals surface area contributed by atoms with Crippen LogP contribution in [0.5, 0.6) is 0 Å². The van der Waals surface area contributed by atoms with Crippen LogP contribution in [0.15, 0.2) is 12.1 Å². The van der Waals surface area contributed by atoms with Crippen LogP contribution in [0.25, 0.3) is 0 Å². The van der Waals surface area contributed by atoms with Gasteiger partial charge in [0.2, 0.25) is 0 Å². The first-order chi connectivity index (χ1) is 8.72. The Kier molecular flexibility index (Phi) is 3.48. The van der Waals surface area contributed by atoms with Gasteiger partial charge in [-0.2, -0.15) is 0 Å². The topological polar surface area (TPSA) is 12.5 Å². The van der Waals surface area contributed by atoms with Gasteiger partial charge in [-0.1, -0.05) is 0 Å². The Hall–Kier alpha value is -0.380. The molecule has 1 unspecified atom stereocenters. The fourth-order valence-corrected chi connectivity index (χ4v) is 4.49. The monoisotopic (exact) mass is 265 g/mol. The van der Waals surface area contributed by atoms with Crippen LogP contribution in [0.1, 0.15) is 35.4 Å². The molecular weight excluding hydrogens is 242 g/mol. The number of aryl methyl sites for hydroxylation is 1. The summed E-state index contributed by atoms with van der Waals surface area (Å²) in [4.78, 5) is 5.55.